The van der Waals surface area contributed by atoms with Gasteiger partial charge in [0.15, 0.2) is 0 Å². The van der Waals surface area contributed by atoms with E-state index in [-0.39, 0.29) is 0 Å². The smallest absolute Gasteiger partial charge is 0.0667 e. The highest BCUT2D eigenvalue weighted by Crippen LogP contribution is 2.14. The second kappa shape index (κ2) is 3.92. The number of rotatable bonds is 1. The van der Waals surface area contributed by atoms with Crippen molar-refractivity contribution in [1.29, 1.82) is 0 Å². The Morgan fingerprint density at radius 2 is 1.92 bits per heavy atom. The first-order chi connectivity index (χ1) is 5.97. The molecule has 2 rings (SSSR count). The van der Waals surface area contributed by atoms with Crippen LogP contribution in [0.1, 0.15) is 6.42 Å². The maximum Gasteiger partial charge on any atom is 0.0667 e. The van der Waals surface area contributed by atoms with Crippen LogP contribution in [0.4, 0.5) is 0 Å². The Bertz CT molecular complexity index is 173. The van der Waals surface area contributed by atoms with Crippen molar-refractivity contribution < 1.29 is 9.47 Å². The van der Waals surface area contributed by atoms with Crippen LogP contribution >= 0.6 is 0 Å². The molecule has 2 heterocycles. The fraction of sp³-hybridized carbons (Fsp3) is 0.778. The third-order valence-electron chi connectivity index (χ3n) is 2.36. The van der Waals surface area contributed by atoms with Crippen molar-refractivity contribution in [3.8, 4) is 0 Å². The van der Waals surface area contributed by atoms with Gasteiger partial charge in [-0.15, -0.1) is 0 Å². The summed E-state index contributed by atoms with van der Waals surface area (Å²) < 4.78 is 10.5. The summed E-state index contributed by atoms with van der Waals surface area (Å²) in [5.41, 5.74) is 1.45. The summed E-state index contributed by atoms with van der Waals surface area (Å²) in [7, 11) is 0. The summed E-state index contributed by atoms with van der Waals surface area (Å²) in [6.45, 7) is 5.50. The van der Waals surface area contributed by atoms with Gasteiger partial charge >= 0.3 is 0 Å². The van der Waals surface area contributed by atoms with Gasteiger partial charge in [-0.25, -0.2) is 0 Å². The van der Waals surface area contributed by atoms with Crippen molar-refractivity contribution >= 4 is 0 Å². The van der Waals surface area contributed by atoms with Gasteiger partial charge in [-0.3, -0.25) is 0 Å². The van der Waals surface area contributed by atoms with Gasteiger partial charge in [-0.1, -0.05) is 0 Å². The van der Waals surface area contributed by atoms with Gasteiger partial charge in [-0.05, 0) is 6.08 Å². The molecule has 0 spiro atoms. The molecule has 3 nitrogen and oxygen atoms in total. The van der Waals surface area contributed by atoms with Crippen molar-refractivity contribution in [2.45, 2.75) is 6.42 Å². The summed E-state index contributed by atoms with van der Waals surface area (Å²) in [6.07, 6.45) is 3.26. The fourth-order valence-corrected chi connectivity index (χ4v) is 1.66. The molecule has 1 fully saturated rings. The normalized spacial score (nSPS) is 25.3. The Hall–Kier alpha value is -0.540. The molecule has 2 aliphatic rings. The second-order valence-electron chi connectivity index (χ2n) is 3.12. The van der Waals surface area contributed by atoms with Crippen LogP contribution in [0.3, 0.4) is 0 Å². The molecule has 0 bridgehead atoms. The molecule has 0 aromatic carbocycles. The fourth-order valence-electron chi connectivity index (χ4n) is 1.66. The molecule has 0 aliphatic carbocycles. The first-order valence-electron chi connectivity index (χ1n) is 4.56. The van der Waals surface area contributed by atoms with Gasteiger partial charge in [0, 0.05) is 25.2 Å². The highest BCUT2D eigenvalue weighted by atomic mass is 16.5. The van der Waals surface area contributed by atoms with Crippen LogP contribution in [-0.4, -0.2) is 44.4 Å². The molecule has 12 heavy (non-hydrogen) atoms. The number of hydrogen-bond donors (Lipinski definition) is 0. The molecule has 3 heteroatoms. The van der Waals surface area contributed by atoms with E-state index >= 15 is 0 Å². The van der Waals surface area contributed by atoms with E-state index in [1.807, 2.05) is 0 Å². The van der Waals surface area contributed by atoms with Gasteiger partial charge in [0.25, 0.3) is 0 Å². The molecular weight excluding hydrogens is 154 g/mol. The Morgan fingerprint density at radius 1 is 1.08 bits per heavy atom. The van der Waals surface area contributed by atoms with Crippen LogP contribution in [0.2, 0.25) is 0 Å². The molecular formula is C9H15NO2. The molecule has 2 aliphatic heterocycles. The first-order valence-corrected chi connectivity index (χ1v) is 4.56. The van der Waals surface area contributed by atoms with E-state index in [0.29, 0.717) is 0 Å². The minimum Gasteiger partial charge on any atom is -0.378 e. The van der Waals surface area contributed by atoms with Crippen molar-refractivity contribution in [3.05, 3.63) is 11.8 Å². The highest BCUT2D eigenvalue weighted by Gasteiger charge is 2.14. The highest BCUT2D eigenvalue weighted by molar-refractivity contribution is 5.04. The summed E-state index contributed by atoms with van der Waals surface area (Å²) in [6, 6.07) is 0. The first kappa shape index (κ1) is 8.08. The molecule has 0 radical (unpaired) electrons. The summed E-state index contributed by atoms with van der Waals surface area (Å²) in [5, 5.41) is 0. The molecule has 0 unspecified atom stereocenters. The average Bonchev–Trinajstić information content (AvgIpc) is 2.21. The maximum atomic E-state index is 5.29. The van der Waals surface area contributed by atoms with Crippen LogP contribution in [0.15, 0.2) is 11.8 Å². The Labute approximate surface area is 72.9 Å². The summed E-state index contributed by atoms with van der Waals surface area (Å²) >= 11 is 0. The lowest BCUT2D eigenvalue weighted by Gasteiger charge is -2.32. The number of morpholine rings is 1. The summed E-state index contributed by atoms with van der Waals surface area (Å²) in [5.74, 6) is 0. The predicted octanol–water partition coefficient (Wildman–Crippen LogP) is 0.623. The zero-order valence-electron chi connectivity index (χ0n) is 7.29. The van der Waals surface area contributed by atoms with Crippen LogP contribution in [0, 0.1) is 0 Å². The zero-order valence-corrected chi connectivity index (χ0v) is 7.29. The Morgan fingerprint density at radius 3 is 2.58 bits per heavy atom. The second-order valence-corrected chi connectivity index (χ2v) is 3.12. The Kier molecular flexibility index (Phi) is 2.64. The van der Waals surface area contributed by atoms with Gasteiger partial charge in [-0.2, -0.15) is 0 Å². The lowest BCUT2D eigenvalue weighted by atomic mass is 10.2. The molecule has 1 saturated heterocycles. The quantitative estimate of drug-likeness (QED) is 0.574. The number of nitrogens with zero attached hydrogens (tertiary/aromatic N) is 1. The van der Waals surface area contributed by atoms with E-state index in [9.17, 15) is 0 Å². The zero-order chi connectivity index (χ0) is 8.23. The topological polar surface area (TPSA) is 21.7 Å². The van der Waals surface area contributed by atoms with Gasteiger partial charge in [0.1, 0.15) is 0 Å². The van der Waals surface area contributed by atoms with E-state index < -0.39 is 0 Å². The SMILES string of the molecule is C1=C(N2CCOCC2)CCOC1. The average molecular weight is 169 g/mol. The molecule has 68 valence electrons. The van der Waals surface area contributed by atoms with Crippen LogP contribution in [0.25, 0.3) is 0 Å². The van der Waals surface area contributed by atoms with E-state index in [2.05, 4.69) is 11.0 Å². The summed E-state index contributed by atoms with van der Waals surface area (Å²) in [4.78, 5) is 2.41. The van der Waals surface area contributed by atoms with Crippen molar-refractivity contribution in [2.75, 3.05) is 39.5 Å². The van der Waals surface area contributed by atoms with Gasteiger partial charge < -0.3 is 14.4 Å². The molecule has 0 saturated carbocycles. The van der Waals surface area contributed by atoms with Gasteiger partial charge in [0.2, 0.25) is 0 Å². The third kappa shape index (κ3) is 1.79. The minimum atomic E-state index is 0.784. The Balaban J connectivity index is 1.92. The van der Waals surface area contributed by atoms with Crippen molar-refractivity contribution in [2.24, 2.45) is 0 Å². The molecule has 0 aromatic heterocycles. The monoisotopic (exact) mass is 169 g/mol. The number of ether oxygens (including phenoxy) is 2. The largest absolute Gasteiger partial charge is 0.378 e. The van der Waals surface area contributed by atoms with E-state index in [0.717, 1.165) is 45.9 Å². The molecule has 0 amide bonds. The third-order valence-corrected chi connectivity index (χ3v) is 2.36. The van der Waals surface area contributed by atoms with Gasteiger partial charge in [0.05, 0.1) is 26.4 Å². The lowest BCUT2D eigenvalue weighted by Crippen LogP contribution is -2.36. The van der Waals surface area contributed by atoms with Crippen LogP contribution < -0.4 is 0 Å². The standard InChI is InChI=1S/C9H15NO2/c1-5-11-6-2-9(1)10-3-7-12-8-4-10/h1H,2-8H2. The minimum absolute atomic E-state index is 0.784. The molecule has 0 atom stereocenters. The lowest BCUT2D eigenvalue weighted by molar-refractivity contribution is 0.0452. The van der Waals surface area contributed by atoms with Crippen LogP contribution in [0.5, 0.6) is 0 Å². The van der Waals surface area contributed by atoms with E-state index in [1.165, 1.54) is 5.70 Å². The van der Waals surface area contributed by atoms with Crippen molar-refractivity contribution in [3.63, 3.8) is 0 Å². The predicted molar refractivity (Wildman–Crippen MR) is 45.9 cm³/mol. The molecule has 0 N–H and O–H groups in total. The van der Waals surface area contributed by atoms with E-state index in [1.54, 1.807) is 0 Å². The molecule has 0 aromatic rings. The van der Waals surface area contributed by atoms with Crippen LogP contribution in [-0.2, 0) is 9.47 Å². The van der Waals surface area contributed by atoms with E-state index in [4.69, 9.17) is 9.47 Å². The number of hydrogen-bond acceptors (Lipinski definition) is 3. The maximum absolute atomic E-state index is 5.29. The van der Waals surface area contributed by atoms with Crippen molar-refractivity contribution in [1.82, 2.24) is 4.90 Å².